The molecule has 0 saturated carbocycles. The minimum atomic E-state index is -0.0376. The van der Waals surface area contributed by atoms with Crippen LogP contribution >= 0.6 is 15.9 Å². The van der Waals surface area contributed by atoms with Gasteiger partial charge in [0.1, 0.15) is 0 Å². The molecular weight excluding hydrogens is 326 g/mol. The maximum atomic E-state index is 4.51. The minimum absolute atomic E-state index is 0.0376. The summed E-state index contributed by atoms with van der Waals surface area (Å²) in [4.78, 5) is 0. The number of benzene rings is 1. The van der Waals surface area contributed by atoms with E-state index in [1.54, 1.807) is 0 Å². The molecular formula is C17H24BrN3. The summed E-state index contributed by atoms with van der Waals surface area (Å²) < 4.78 is 3.18. The zero-order valence-corrected chi connectivity index (χ0v) is 14.8. The molecule has 0 aliphatic heterocycles. The topological polar surface area (TPSA) is 29.9 Å². The molecule has 0 spiro atoms. The highest BCUT2D eigenvalue weighted by Crippen LogP contribution is 2.39. The Labute approximate surface area is 135 Å². The lowest BCUT2D eigenvalue weighted by Gasteiger charge is -2.35. The smallest absolute Gasteiger partial charge is 0.0704 e. The fourth-order valence-corrected chi connectivity index (χ4v) is 3.45. The summed E-state index contributed by atoms with van der Waals surface area (Å²) in [5.74, 6) is 0. The third kappa shape index (κ3) is 3.22. The van der Waals surface area contributed by atoms with E-state index in [9.17, 15) is 0 Å². The Morgan fingerprint density at radius 3 is 2.52 bits per heavy atom. The predicted octanol–water partition coefficient (Wildman–Crippen LogP) is 4.29. The molecule has 1 aromatic heterocycles. The van der Waals surface area contributed by atoms with E-state index in [-0.39, 0.29) is 11.5 Å². The predicted molar refractivity (Wildman–Crippen MR) is 91.5 cm³/mol. The number of nitrogens with one attached hydrogen (secondary N) is 1. The molecule has 1 aromatic carbocycles. The average molecular weight is 350 g/mol. The van der Waals surface area contributed by atoms with Crippen LogP contribution in [0.2, 0.25) is 0 Å². The Hall–Kier alpha value is -1.13. The second kappa shape index (κ2) is 6.75. The van der Waals surface area contributed by atoms with Gasteiger partial charge < -0.3 is 5.32 Å². The highest BCUT2D eigenvalue weighted by atomic mass is 79.9. The average Bonchev–Trinajstić information content (AvgIpc) is 2.83. The van der Waals surface area contributed by atoms with Gasteiger partial charge in [0.15, 0.2) is 0 Å². The maximum absolute atomic E-state index is 4.51. The number of halogens is 1. The summed E-state index contributed by atoms with van der Waals surface area (Å²) >= 11 is 3.67. The van der Waals surface area contributed by atoms with Gasteiger partial charge in [-0.3, -0.25) is 4.68 Å². The molecule has 0 aliphatic rings. The second-order valence-electron chi connectivity index (χ2n) is 5.91. The fourth-order valence-electron chi connectivity index (χ4n) is 2.92. The molecule has 1 heterocycles. The van der Waals surface area contributed by atoms with Crippen molar-refractivity contribution in [2.45, 2.75) is 45.2 Å². The summed E-state index contributed by atoms with van der Waals surface area (Å²) in [6.45, 7) is 7.67. The molecule has 1 atom stereocenters. The molecule has 0 bridgehead atoms. The van der Waals surface area contributed by atoms with Crippen molar-refractivity contribution in [1.29, 1.82) is 0 Å². The van der Waals surface area contributed by atoms with Crippen molar-refractivity contribution in [2.75, 3.05) is 7.05 Å². The summed E-state index contributed by atoms with van der Waals surface area (Å²) in [7, 11) is 2.02. The van der Waals surface area contributed by atoms with Crippen LogP contribution in [0, 0.1) is 0 Å². The van der Waals surface area contributed by atoms with Gasteiger partial charge in [-0.2, -0.15) is 5.10 Å². The standard InChI is InChI=1S/C17H24BrN3/c1-5-11-21-15(14(18)12-20-21)16(19-4)17(2,3)13-9-7-6-8-10-13/h6-10,12,16,19H,5,11H2,1-4H3. The van der Waals surface area contributed by atoms with Crippen molar-refractivity contribution in [3.63, 3.8) is 0 Å². The molecule has 0 amide bonds. The van der Waals surface area contributed by atoms with Gasteiger partial charge in [-0.1, -0.05) is 51.1 Å². The van der Waals surface area contributed by atoms with E-state index in [2.05, 4.69) is 82.1 Å². The van der Waals surface area contributed by atoms with Crippen LogP contribution in [-0.4, -0.2) is 16.8 Å². The summed E-state index contributed by atoms with van der Waals surface area (Å²) in [6.07, 6.45) is 2.97. The van der Waals surface area contributed by atoms with E-state index in [1.165, 1.54) is 11.3 Å². The number of rotatable bonds is 6. The van der Waals surface area contributed by atoms with E-state index in [0.29, 0.717) is 0 Å². The Morgan fingerprint density at radius 1 is 1.29 bits per heavy atom. The molecule has 21 heavy (non-hydrogen) atoms. The highest BCUT2D eigenvalue weighted by Gasteiger charge is 2.34. The van der Waals surface area contributed by atoms with Crippen LogP contribution in [0.1, 0.15) is 44.5 Å². The minimum Gasteiger partial charge on any atom is -0.311 e. The van der Waals surface area contributed by atoms with Gasteiger partial charge in [-0.05, 0) is 35.0 Å². The van der Waals surface area contributed by atoms with Crippen LogP contribution in [0.15, 0.2) is 41.0 Å². The highest BCUT2D eigenvalue weighted by molar-refractivity contribution is 9.10. The lowest BCUT2D eigenvalue weighted by molar-refractivity contribution is 0.343. The molecule has 1 unspecified atom stereocenters. The maximum Gasteiger partial charge on any atom is 0.0704 e. The fraction of sp³-hybridized carbons (Fsp3) is 0.471. The first-order valence-electron chi connectivity index (χ1n) is 7.46. The Balaban J connectivity index is 2.46. The van der Waals surface area contributed by atoms with Crippen LogP contribution in [0.25, 0.3) is 0 Å². The van der Waals surface area contributed by atoms with Crippen LogP contribution < -0.4 is 5.32 Å². The number of nitrogens with zero attached hydrogens (tertiary/aromatic N) is 2. The quantitative estimate of drug-likeness (QED) is 0.842. The van der Waals surface area contributed by atoms with Crippen LogP contribution in [0.5, 0.6) is 0 Å². The molecule has 4 heteroatoms. The first-order chi connectivity index (χ1) is 10.0. The van der Waals surface area contributed by atoms with Crippen molar-refractivity contribution in [3.05, 3.63) is 52.3 Å². The van der Waals surface area contributed by atoms with Crippen molar-refractivity contribution in [2.24, 2.45) is 0 Å². The normalized spacial score (nSPS) is 13.4. The summed E-state index contributed by atoms with van der Waals surface area (Å²) in [5, 5.41) is 8.00. The van der Waals surface area contributed by atoms with Crippen LogP contribution in [-0.2, 0) is 12.0 Å². The van der Waals surface area contributed by atoms with Gasteiger partial charge in [0, 0.05) is 12.0 Å². The van der Waals surface area contributed by atoms with Crippen molar-refractivity contribution >= 4 is 15.9 Å². The Morgan fingerprint density at radius 2 is 1.95 bits per heavy atom. The molecule has 114 valence electrons. The number of hydrogen-bond acceptors (Lipinski definition) is 2. The molecule has 2 aromatic rings. The van der Waals surface area contributed by atoms with E-state index in [1.807, 2.05) is 13.2 Å². The van der Waals surface area contributed by atoms with E-state index >= 15 is 0 Å². The van der Waals surface area contributed by atoms with Gasteiger partial charge >= 0.3 is 0 Å². The lowest BCUT2D eigenvalue weighted by Crippen LogP contribution is -2.37. The SMILES string of the molecule is CCCn1ncc(Br)c1C(NC)C(C)(C)c1ccccc1. The Kier molecular flexibility index (Phi) is 5.22. The van der Waals surface area contributed by atoms with Crippen LogP contribution in [0.4, 0.5) is 0 Å². The molecule has 1 N–H and O–H groups in total. The lowest BCUT2D eigenvalue weighted by atomic mass is 9.76. The summed E-state index contributed by atoms with van der Waals surface area (Å²) in [5.41, 5.74) is 2.50. The van der Waals surface area contributed by atoms with Gasteiger partial charge in [0.05, 0.1) is 22.4 Å². The monoisotopic (exact) mass is 349 g/mol. The molecule has 0 fully saturated rings. The van der Waals surface area contributed by atoms with Crippen LogP contribution in [0.3, 0.4) is 0 Å². The number of aryl methyl sites for hydroxylation is 1. The first-order valence-corrected chi connectivity index (χ1v) is 8.25. The molecule has 3 nitrogen and oxygen atoms in total. The first kappa shape index (κ1) is 16.2. The number of hydrogen-bond donors (Lipinski definition) is 1. The molecule has 0 radical (unpaired) electrons. The molecule has 0 saturated heterocycles. The third-order valence-corrected chi connectivity index (χ3v) is 4.68. The number of aromatic nitrogens is 2. The molecule has 0 aliphatic carbocycles. The van der Waals surface area contributed by atoms with Crippen molar-refractivity contribution in [3.8, 4) is 0 Å². The molecule has 2 rings (SSSR count). The van der Waals surface area contributed by atoms with Crippen molar-refractivity contribution in [1.82, 2.24) is 15.1 Å². The largest absolute Gasteiger partial charge is 0.311 e. The number of likely N-dealkylation sites (N-methyl/N-ethyl adjacent to an activating group) is 1. The second-order valence-corrected chi connectivity index (χ2v) is 6.76. The van der Waals surface area contributed by atoms with E-state index < -0.39 is 0 Å². The zero-order chi connectivity index (χ0) is 15.5. The van der Waals surface area contributed by atoms with Gasteiger partial charge in [0.2, 0.25) is 0 Å². The summed E-state index contributed by atoms with van der Waals surface area (Å²) in [6, 6.07) is 10.8. The van der Waals surface area contributed by atoms with Gasteiger partial charge in [-0.15, -0.1) is 0 Å². The van der Waals surface area contributed by atoms with Gasteiger partial charge in [0.25, 0.3) is 0 Å². The van der Waals surface area contributed by atoms with Crippen molar-refractivity contribution < 1.29 is 0 Å². The van der Waals surface area contributed by atoms with E-state index in [0.717, 1.165) is 17.4 Å². The van der Waals surface area contributed by atoms with E-state index in [4.69, 9.17) is 0 Å². The van der Waals surface area contributed by atoms with Gasteiger partial charge in [-0.25, -0.2) is 0 Å². The third-order valence-electron chi connectivity index (χ3n) is 4.07. The zero-order valence-electron chi connectivity index (χ0n) is 13.2. The Bertz CT molecular complexity index is 575.